The van der Waals surface area contributed by atoms with Crippen LogP contribution in [0.4, 0.5) is 11.4 Å². The van der Waals surface area contributed by atoms with Crippen molar-refractivity contribution in [2.75, 3.05) is 11.1 Å². The minimum absolute atomic E-state index is 0.0165. The zero-order chi connectivity index (χ0) is 33.3. The molecule has 0 saturated heterocycles. The third kappa shape index (κ3) is 10.1. The average molecular weight is 705 g/mol. The fraction of sp³-hybridized carbons (Fsp3) is 0.0294. The highest BCUT2D eigenvalue weighted by Crippen LogP contribution is 2.30. The lowest BCUT2D eigenvalue weighted by Crippen LogP contribution is -2.11. The Morgan fingerprint density at radius 2 is 1.28 bits per heavy atom. The van der Waals surface area contributed by atoms with E-state index >= 15 is 0 Å². The lowest BCUT2D eigenvalue weighted by molar-refractivity contribution is 0.102. The predicted octanol–water partition coefficient (Wildman–Crippen LogP) is 7.34. The first-order valence-corrected chi connectivity index (χ1v) is 16.0. The minimum atomic E-state index is -4.64. The molecule has 0 aromatic heterocycles. The number of carbonyl (C=O) groups is 1. The number of halogens is 1. The maximum atomic E-state index is 12.2. The van der Waals surface area contributed by atoms with Gasteiger partial charge in [-0.25, -0.2) is 4.57 Å². The standard InChI is InChI=1S/C17H14BrNO2.C17H13NO2.H3O4P/c18-14-6-5-11-7-13(16(20)9-12(11)8-14)10-21-17-4-2-1-3-15(17)19;19-16-11-13-7-5-4-6-12(13)10-15(16)17(20)18-14-8-2-1-3-9-14;1-5(2,3)4/h1-9,20H,10,19H2;1-11,19H,(H,18,20);(H3,1,2,3,4). The zero-order valence-corrected chi connectivity index (χ0v) is 26.6. The highest BCUT2D eigenvalue weighted by atomic mass is 79.9. The molecule has 0 fully saturated rings. The van der Waals surface area contributed by atoms with E-state index in [1.54, 1.807) is 36.4 Å². The molecule has 236 valence electrons. The molecule has 0 unspecified atom stereocenters. The van der Waals surface area contributed by atoms with Crippen molar-refractivity contribution in [2.45, 2.75) is 6.61 Å². The van der Waals surface area contributed by atoms with Crippen LogP contribution >= 0.6 is 23.8 Å². The molecule has 1 amide bonds. The second-order valence-electron chi connectivity index (χ2n) is 9.85. The Morgan fingerprint density at radius 1 is 0.717 bits per heavy atom. The Labute approximate surface area is 272 Å². The summed E-state index contributed by atoms with van der Waals surface area (Å²) in [5, 5.41) is 26.7. The Hall–Kier alpha value is -4.90. The Bertz CT molecular complexity index is 2010. The van der Waals surface area contributed by atoms with Crippen LogP contribution in [0.15, 0.2) is 126 Å². The quantitative estimate of drug-likeness (QED) is 0.0713. The predicted molar refractivity (Wildman–Crippen MR) is 183 cm³/mol. The van der Waals surface area contributed by atoms with E-state index < -0.39 is 7.82 Å². The van der Waals surface area contributed by atoms with Crippen LogP contribution in [0.3, 0.4) is 0 Å². The van der Waals surface area contributed by atoms with Crippen molar-refractivity contribution in [1.29, 1.82) is 0 Å². The number of nitrogens with one attached hydrogen (secondary N) is 1. The average Bonchev–Trinajstić information content (AvgIpc) is 3.00. The summed E-state index contributed by atoms with van der Waals surface area (Å²) in [6.07, 6.45) is 0. The Kier molecular flexibility index (Phi) is 11.4. The van der Waals surface area contributed by atoms with Crippen LogP contribution < -0.4 is 15.8 Å². The van der Waals surface area contributed by atoms with Gasteiger partial charge in [0.2, 0.25) is 0 Å². The number of amides is 1. The van der Waals surface area contributed by atoms with Crippen molar-refractivity contribution in [3.63, 3.8) is 0 Å². The molecule has 10 nitrogen and oxygen atoms in total. The molecule has 6 aromatic rings. The van der Waals surface area contributed by atoms with E-state index in [9.17, 15) is 15.0 Å². The van der Waals surface area contributed by atoms with Gasteiger partial charge in [0.15, 0.2) is 0 Å². The van der Waals surface area contributed by atoms with Crippen LogP contribution in [0.1, 0.15) is 15.9 Å². The topological polar surface area (TPSA) is 183 Å². The number of ether oxygens (including phenoxy) is 1. The summed E-state index contributed by atoms with van der Waals surface area (Å²) >= 11 is 3.42. The molecule has 8 N–H and O–H groups in total. The molecule has 0 heterocycles. The number of rotatable bonds is 5. The molecule has 0 radical (unpaired) electrons. The molecule has 0 saturated carbocycles. The number of benzene rings is 6. The van der Waals surface area contributed by atoms with Crippen molar-refractivity contribution in [3.05, 3.63) is 137 Å². The van der Waals surface area contributed by atoms with Crippen molar-refractivity contribution < 1.29 is 39.0 Å². The van der Waals surface area contributed by atoms with Gasteiger partial charge in [-0.3, -0.25) is 4.79 Å². The van der Waals surface area contributed by atoms with Gasteiger partial charge in [0.25, 0.3) is 5.91 Å². The van der Waals surface area contributed by atoms with E-state index in [0.29, 0.717) is 17.1 Å². The number of nitrogens with two attached hydrogens (primary N) is 1. The summed E-state index contributed by atoms with van der Waals surface area (Å²) in [5.74, 6) is 0.500. The van der Waals surface area contributed by atoms with Crippen LogP contribution in [0, 0.1) is 0 Å². The fourth-order valence-corrected chi connectivity index (χ4v) is 4.70. The second-order valence-corrected chi connectivity index (χ2v) is 11.8. The van der Waals surface area contributed by atoms with Gasteiger partial charge in [-0.05, 0) is 82.2 Å². The SMILES string of the molecule is Nc1ccccc1OCc1cc2ccc(Br)cc2cc1O.O=C(Nc1ccccc1)c1cc2ccccc2cc1O.O=P(O)(O)O. The molecule has 6 aromatic carbocycles. The zero-order valence-electron chi connectivity index (χ0n) is 24.1. The van der Waals surface area contributed by atoms with Crippen molar-refractivity contribution in [2.24, 2.45) is 0 Å². The highest BCUT2D eigenvalue weighted by molar-refractivity contribution is 9.10. The number of fused-ring (bicyclic) bond motifs is 2. The highest BCUT2D eigenvalue weighted by Gasteiger charge is 2.12. The van der Waals surface area contributed by atoms with Crippen molar-refractivity contribution in [3.8, 4) is 17.2 Å². The first-order chi connectivity index (χ1) is 21.9. The van der Waals surface area contributed by atoms with Gasteiger partial charge < -0.3 is 40.7 Å². The summed E-state index contributed by atoms with van der Waals surface area (Å²) in [5.41, 5.74) is 8.12. The molecule has 46 heavy (non-hydrogen) atoms. The fourth-order valence-electron chi connectivity index (χ4n) is 4.32. The summed E-state index contributed by atoms with van der Waals surface area (Å²) in [6.45, 7) is 0.270. The molecular weight excluding hydrogens is 675 g/mol. The number of aromatic hydroxyl groups is 2. The number of phenolic OH excluding ortho intramolecular Hbond substituents is 2. The van der Waals surface area contributed by atoms with E-state index in [1.807, 2.05) is 84.9 Å². The summed E-state index contributed by atoms with van der Waals surface area (Å²) < 4.78 is 15.5. The smallest absolute Gasteiger partial charge is 0.466 e. The van der Waals surface area contributed by atoms with Crippen LogP contribution in [0.2, 0.25) is 0 Å². The number of hydrogen-bond acceptors (Lipinski definition) is 6. The molecule has 0 atom stereocenters. The van der Waals surface area contributed by atoms with E-state index in [1.165, 1.54) is 0 Å². The van der Waals surface area contributed by atoms with Gasteiger partial charge in [0.05, 0.1) is 11.3 Å². The number of para-hydroxylation sites is 3. The number of phosphoric acid groups is 1. The molecule has 12 heteroatoms. The van der Waals surface area contributed by atoms with E-state index in [2.05, 4.69) is 21.2 Å². The minimum Gasteiger partial charge on any atom is -0.508 e. The van der Waals surface area contributed by atoms with Gasteiger partial charge in [0, 0.05) is 15.7 Å². The van der Waals surface area contributed by atoms with Crippen molar-refractivity contribution in [1.82, 2.24) is 0 Å². The maximum Gasteiger partial charge on any atom is 0.466 e. The molecule has 0 aliphatic carbocycles. The number of hydrogen-bond donors (Lipinski definition) is 7. The normalized spacial score (nSPS) is 10.7. The lowest BCUT2D eigenvalue weighted by Gasteiger charge is -2.11. The van der Waals surface area contributed by atoms with Gasteiger partial charge in [-0.1, -0.05) is 76.6 Å². The van der Waals surface area contributed by atoms with Crippen LogP contribution in [-0.4, -0.2) is 30.8 Å². The number of phenols is 2. The summed E-state index contributed by atoms with van der Waals surface area (Å²) in [6, 6.07) is 37.0. The van der Waals surface area contributed by atoms with Gasteiger partial charge in [0.1, 0.15) is 23.9 Å². The van der Waals surface area contributed by atoms with E-state index in [-0.39, 0.29) is 29.6 Å². The Balaban J connectivity index is 0.000000183. The Morgan fingerprint density at radius 3 is 1.96 bits per heavy atom. The molecule has 6 rings (SSSR count). The molecule has 0 bridgehead atoms. The molecule has 0 aliphatic rings. The van der Waals surface area contributed by atoms with E-state index in [0.717, 1.165) is 31.6 Å². The second kappa shape index (κ2) is 15.4. The van der Waals surface area contributed by atoms with E-state index in [4.69, 9.17) is 29.7 Å². The molecule has 0 aliphatic heterocycles. The largest absolute Gasteiger partial charge is 0.508 e. The van der Waals surface area contributed by atoms with Crippen molar-refractivity contribution >= 4 is 62.6 Å². The number of nitrogen functional groups attached to an aromatic ring is 1. The van der Waals surface area contributed by atoms with Crippen LogP contribution in [0.5, 0.6) is 17.2 Å². The molecule has 0 spiro atoms. The lowest BCUT2D eigenvalue weighted by atomic mass is 10.1. The maximum absolute atomic E-state index is 12.2. The first kappa shape index (κ1) is 34.0. The van der Waals surface area contributed by atoms with Crippen LogP contribution in [0.25, 0.3) is 21.5 Å². The van der Waals surface area contributed by atoms with Gasteiger partial charge >= 0.3 is 7.82 Å². The summed E-state index contributed by atoms with van der Waals surface area (Å²) in [7, 11) is -4.64. The number of anilines is 2. The third-order valence-corrected chi connectivity index (χ3v) is 6.94. The van der Waals surface area contributed by atoms with Gasteiger partial charge in [-0.2, -0.15) is 0 Å². The monoisotopic (exact) mass is 704 g/mol. The third-order valence-electron chi connectivity index (χ3n) is 6.44. The first-order valence-electron chi connectivity index (χ1n) is 13.6. The summed E-state index contributed by atoms with van der Waals surface area (Å²) in [4.78, 5) is 33.8. The number of carbonyl (C=O) groups excluding carboxylic acids is 1. The van der Waals surface area contributed by atoms with Gasteiger partial charge in [-0.15, -0.1) is 0 Å². The van der Waals surface area contributed by atoms with Crippen LogP contribution in [-0.2, 0) is 11.2 Å². The molecular formula is C34H30BrN2O8P.